The van der Waals surface area contributed by atoms with Crippen LogP contribution in [0.4, 0.5) is 4.39 Å². The summed E-state index contributed by atoms with van der Waals surface area (Å²) in [6, 6.07) is 12.3. The van der Waals surface area contributed by atoms with E-state index in [4.69, 9.17) is 4.74 Å². The molecule has 8 nitrogen and oxygen atoms in total. The summed E-state index contributed by atoms with van der Waals surface area (Å²) in [5, 5.41) is 3.44. The first-order chi connectivity index (χ1) is 15.9. The molecule has 0 spiro atoms. The van der Waals surface area contributed by atoms with Crippen LogP contribution in [0.1, 0.15) is 16.1 Å². The molecule has 0 aliphatic carbocycles. The zero-order valence-electron chi connectivity index (χ0n) is 17.9. The first-order valence-corrected chi connectivity index (χ1v) is 12.9. The van der Waals surface area contributed by atoms with E-state index in [1.807, 2.05) is 6.26 Å². The minimum atomic E-state index is -3.57. The summed E-state index contributed by atoms with van der Waals surface area (Å²) in [6.07, 6.45) is 3.32. The first kappa shape index (κ1) is 23.4. The largest absolute Gasteiger partial charge is 0.379 e. The molecule has 3 aromatic rings. The zero-order chi connectivity index (χ0) is 23.4. The first-order valence-electron chi connectivity index (χ1n) is 10.2. The predicted molar refractivity (Wildman–Crippen MR) is 122 cm³/mol. The fourth-order valence-electron chi connectivity index (χ4n) is 3.47. The van der Waals surface area contributed by atoms with E-state index in [9.17, 15) is 17.6 Å². The molecule has 1 aliphatic heterocycles. The van der Waals surface area contributed by atoms with E-state index in [1.54, 1.807) is 41.0 Å². The topological polar surface area (TPSA) is 93.5 Å². The van der Waals surface area contributed by atoms with Gasteiger partial charge in [0.15, 0.2) is 5.16 Å². The molecule has 1 amide bonds. The van der Waals surface area contributed by atoms with Crippen molar-refractivity contribution in [3.8, 4) is 5.69 Å². The average Bonchev–Trinajstić information content (AvgIpc) is 3.28. The maximum Gasteiger partial charge on any atom is 0.270 e. The molecule has 2 heterocycles. The van der Waals surface area contributed by atoms with Crippen LogP contribution in [0.2, 0.25) is 0 Å². The number of morpholine rings is 1. The molecular weight excluding hydrogens is 467 g/mol. The normalized spacial score (nSPS) is 14.8. The highest BCUT2D eigenvalue weighted by Gasteiger charge is 2.26. The van der Waals surface area contributed by atoms with Crippen LogP contribution in [0.25, 0.3) is 5.69 Å². The predicted octanol–water partition coefficient (Wildman–Crippen LogP) is 2.68. The Morgan fingerprint density at radius 1 is 1.12 bits per heavy atom. The molecule has 174 valence electrons. The highest BCUT2D eigenvalue weighted by atomic mass is 32.2. The molecule has 1 aliphatic rings. The number of aromatic nitrogens is 2. The summed E-state index contributed by atoms with van der Waals surface area (Å²) in [4.78, 5) is 17.4. The van der Waals surface area contributed by atoms with Gasteiger partial charge in [-0.15, -0.1) is 0 Å². The Labute approximate surface area is 195 Å². The molecule has 11 heteroatoms. The zero-order valence-corrected chi connectivity index (χ0v) is 19.5. The van der Waals surface area contributed by atoms with Gasteiger partial charge in [-0.05, 0) is 48.2 Å². The Kier molecular flexibility index (Phi) is 7.13. The molecule has 4 rings (SSSR count). The van der Waals surface area contributed by atoms with Crippen molar-refractivity contribution in [2.75, 3.05) is 32.6 Å². The standard InChI is InChI=1S/C22H23FN4O4S2/c1-32-22-25-15-20(27(22)18-6-4-17(23)5-7-18)21(28)24-14-16-2-8-19(9-3-16)33(29,30)26-10-12-31-13-11-26/h2-9,15H,10-14H2,1H3,(H,24,28). The molecule has 33 heavy (non-hydrogen) atoms. The molecule has 1 saturated heterocycles. The van der Waals surface area contributed by atoms with Crippen molar-refractivity contribution in [2.24, 2.45) is 0 Å². The second kappa shape index (κ2) is 10.0. The van der Waals surface area contributed by atoms with E-state index in [1.165, 1.54) is 34.4 Å². The van der Waals surface area contributed by atoms with Gasteiger partial charge in [0.25, 0.3) is 5.91 Å². The lowest BCUT2D eigenvalue weighted by Crippen LogP contribution is -2.40. The molecule has 1 fully saturated rings. The summed E-state index contributed by atoms with van der Waals surface area (Å²) in [6.45, 7) is 1.64. The second-order valence-corrected chi connectivity index (χ2v) is 10.00. The van der Waals surface area contributed by atoms with Crippen LogP contribution >= 0.6 is 11.8 Å². The number of nitrogens with zero attached hydrogens (tertiary/aromatic N) is 3. The van der Waals surface area contributed by atoms with Gasteiger partial charge in [-0.2, -0.15) is 4.31 Å². The second-order valence-electron chi connectivity index (χ2n) is 7.29. The number of halogens is 1. The van der Waals surface area contributed by atoms with Crippen molar-refractivity contribution in [1.29, 1.82) is 0 Å². The smallest absolute Gasteiger partial charge is 0.270 e. The number of hydrogen-bond acceptors (Lipinski definition) is 6. The minimum Gasteiger partial charge on any atom is -0.379 e. The lowest BCUT2D eigenvalue weighted by atomic mass is 10.2. The number of rotatable bonds is 7. The fourth-order valence-corrected chi connectivity index (χ4v) is 5.42. The monoisotopic (exact) mass is 490 g/mol. The Bertz CT molecular complexity index is 1220. The highest BCUT2D eigenvalue weighted by Crippen LogP contribution is 2.22. The quantitative estimate of drug-likeness (QED) is 0.512. The number of nitrogens with one attached hydrogen (secondary N) is 1. The van der Waals surface area contributed by atoms with Crippen molar-refractivity contribution < 1.29 is 22.3 Å². The molecule has 0 saturated carbocycles. The number of ether oxygens (including phenoxy) is 1. The minimum absolute atomic E-state index is 0.207. The number of carbonyl (C=O) groups is 1. The molecule has 1 aromatic heterocycles. The van der Waals surface area contributed by atoms with E-state index in [0.717, 1.165) is 5.56 Å². The van der Waals surface area contributed by atoms with Gasteiger partial charge in [-0.1, -0.05) is 23.9 Å². The van der Waals surface area contributed by atoms with Gasteiger partial charge in [-0.3, -0.25) is 9.36 Å². The van der Waals surface area contributed by atoms with Crippen molar-refractivity contribution in [2.45, 2.75) is 16.6 Å². The summed E-state index contributed by atoms with van der Waals surface area (Å²) in [5.41, 5.74) is 1.70. The molecule has 0 unspecified atom stereocenters. The van der Waals surface area contributed by atoms with Crippen LogP contribution in [0.3, 0.4) is 0 Å². The number of thioether (sulfide) groups is 1. The van der Waals surface area contributed by atoms with Gasteiger partial charge >= 0.3 is 0 Å². The van der Waals surface area contributed by atoms with Crippen LogP contribution < -0.4 is 5.32 Å². The Hall–Kier alpha value is -2.73. The van der Waals surface area contributed by atoms with E-state index in [-0.39, 0.29) is 23.2 Å². The molecule has 0 radical (unpaired) electrons. The lowest BCUT2D eigenvalue weighted by molar-refractivity contribution is 0.0730. The summed E-state index contributed by atoms with van der Waals surface area (Å²) >= 11 is 1.37. The van der Waals surface area contributed by atoms with Gasteiger partial charge in [-0.25, -0.2) is 17.8 Å². The molecule has 0 bridgehead atoms. The number of carbonyl (C=O) groups excluding carboxylic acids is 1. The number of benzene rings is 2. The number of amides is 1. The van der Waals surface area contributed by atoms with E-state index < -0.39 is 10.0 Å². The van der Waals surface area contributed by atoms with Gasteiger partial charge in [0.2, 0.25) is 10.0 Å². The van der Waals surface area contributed by atoms with Crippen molar-refractivity contribution in [3.05, 3.63) is 71.8 Å². The van der Waals surface area contributed by atoms with Crippen molar-refractivity contribution in [3.63, 3.8) is 0 Å². The van der Waals surface area contributed by atoms with E-state index >= 15 is 0 Å². The van der Waals surface area contributed by atoms with Gasteiger partial charge in [0.05, 0.1) is 24.3 Å². The third kappa shape index (κ3) is 5.11. The third-order valence-electron chi connectivity index (χ3n) is 5.21. The number of sulfonamides is 1. The summed E-state index contributed by atoms with van der Waals surface area (Å²) < 4.78 is 47.1. The average molecular weight is 491 g/mol. The molecule has 1 N–H and O–H groups in total. The van der Waals surface area contributed by atoms with Crippen LogP contribution in [0.5, 0.6) is 0 Å². The molecule has 0 atom stereocenters. The van der Waals surface area contributed by atoms with Crippen molar-refractivity contribution >= 4 is 27.7 Å². The Morgan fingerprint density at radius 3 is 2.42 bits per heavy atom. The third-order valence-corrected chi connectivity index (χ3v) is 7.78. The van der Waals surface area contributed by atoms with Gasteiger partial charge in [0.1, 0.15) is 11.5 Å². The lowest BCUT2D eigenvalue weighted by Gasteiger charge is -2.26. The van der Waals surface area contributed by atoms with Crippen LogP contribution in [-0.4, -0.2) is 60.7 Å². The SMILES string of the molecule is CSc1ncc(C(=O)NCc2ccc(S(=O)(=O)N3CCOCC3)cc2)n1-c1ccc(F)cc1. The van der Waals surface area contributed by atoms with Crippen LogP contribution in [-0.2, 0) is 21.3 Å². The Morgan fingerprint density at radius 2 is 1.79 bits per heavy atom. The van der Waals surface area contributed by atoms with E-state index in [2.05, 4.69) is 10.3 Å². The van der Waals surface area contributed by atoms with Gasteiger partial charge < -0.3 is 10.1 Å². The fraction of sp³-hybridized carbons (Fsp3) is 0.273. The number of hydrogen-bond donors (Lipinski definition) is 1. The van der Waals surface area contributed by atoms with Crippen LogP contribution in [0.15, 0.2) is 64.8 Å². The number of imidazole rings is 1. The summed E-state index contributed by atoms with van der Waals surface area (Å²) in [5.74, 6) is -0.716. The Balaban J connectivity index is 1.46. The van der Waals surface area contributed by atoms with Gasteiger partial charge in [0, 0.05) is 25.3 Å². The van der Waals surface area contributed by atoms with Crippen LogP contribution in [0, 0.1) is 5.82 Å². The van der Waals surface area contributed by atoms with Crippen molar-refractivity contribution in [1.82, 2.24) is 19.2 Å². The summed E-state index contributed by atoms with van der Waals surface area (Å²) in [7, 11) is -3.57. The molecule has 2 aromatic carbocycles. The van der Waals surface area contributed by atoms with E-state index in [0.29, 0.717) is 42.8 Å². The maximum atomic E-state index is 13.3. The highest BCUT2D eigenvalue weighted by molar-refractivity contribution is 7.98. The maximum absolute atomic E-state index is 13.3. The molecular formula is C22H23FN4O4S2.